The number of nitrogens with one attached hydrogen (secondary N) is 1. The number of carbonyl (C=O) groups excluding carboxylic acids is 1. The van der Waals surface area contributed by atoms with Gasteiger partial charge in [-0.2, -0.15) is 11.8 Å². The van der Waals surface area contributed by atoms with E-state index in [0.717, 1.165) is 15.6 Å². The molecule has 1 N–H and O–H groups in total. The van der Waals surface area contributed by atoms with E-state index in [0.29, 0.717) is 18.0 Å². The molecule has 0 aliphatic carbocycles. The second kappa shape index (κ2) is 10.2. The molecule has 8 heteroatoms. The maximum atomic E-state index is 13.3. The first-order chi connectivity index (χ1) is 14.0. The fourth-order valence-corrected chi connectivity index (χ4v) is 4.88. The van der Waals surface area contributed by atoms with Crippen LogP contribution in [-0.2, 0) is 14.8 Å². The van der Waals surface area contributed by atoms with Crippen molar-refractivity contribution in [3.63, 3.8) is 0 Å². The second-order valence-corrected chi connectivity index (χ2v) is 11.6. The van der Waals surface area contributed by atoms with E-state index in [1.165, 1.54) is 7.11 Å². The summed E-state index contributed by atoms with van der Waals surface area (Å²) in [7, 11) is -2.42. The van der Waals surface area contributed by atoms with Gasteiger partial charge < -0.3 is 10.1 Å². The van der Waals surface area contributed by atoms with E-state index in [1.54, 1.807) is 60.3 Å². The predicted octanol–water partition coefficient (Wildman–Crippen LogP) is 3.85. The van der Waals surface area contributed by atoms with E-state index in [-0.39, 0.29) is 22.1 Å². The van der Waals surface area contributed by atoms with E-state index < -0.39 is 10.0 Å². The Bertz CT molecular complexity index is 952. The number of hydrogen-bond acceptors (Lipinski definition) is 5. The number of carbonyl (C=O) groups is 1. The lowest BCUT2D eigenvalue weighted by molar-refractivity contribution is -0.119. The van der Waals surface area contributed by atoms with Gasteiger partial charge in [-0.25, -0.2) is 8.42 Å². The summed E-state index contributed by atoms with van der Waals surface area (Å²) in [6.07, 6.45) is 0. The highest BCUT2D eigenvalue weighted by Gasteiger charge is 2.27. The Balaban J connectivity index is 2.25. The van der Waals surface area contributed by atoms with Crippen molar-refractivity contribution in [1.29, 1.82) is 0 Å². The van der Waals surface area contributed by atoms with Gasteiger partial charge in [0.2, 0.25) is 5.91 Å². The number of thioether (sulfide) groups is 1. The number of sulfonamides is 1. The van der Waals surface area contributed by atoms with E-state index in [4.69, 9.17) is 4.74 Å². The monoisotopic (exact) mass is 450 g/mol. The van der Waals surface area contributed by atoms with Crippen molar-refractivity contribution in [1.82, 2.24) is 5.32 Å². The summed E-state index contributed by atoms with van der Waals surface area (Å²) in [5.41, 5.74) is 1.32. The molecule has 6 nitrogen and oxygen atoms in total. The van der Waals surface area contributed by atoms with E-state index in [9.17, 15) is 13.2 Å². The Morgan fingerprint density at radius 1 is 1.13 bits per heavy atom. The summed E-state index contributed by atoms with van der Waals surface area (Å²) in [5.74, 6) is 0.903. The molecule has 0 fully saturated rings. The van der Waals surface area contributed by atoms with Crippen LogP contribution in [0.25, 0.3) is 0 Å². The fraction of sp³-hybridized carbons (Fsp3) is 0.409. The number of aryl methyl sites for hydroxylation is 1. The van der Waals surface area contributed by atoms with Crippen molar-refractivity contribution in [2.75, 3.05) is 30.3 Å². The fourth-order valence-electron chi connectivity index (χ4n) is 2.65. The van der Waals surface area contributed by atoms with Gasteiger partial charge >= 0.3 is 0 Å². The normalized spacial score (nSPS) is 11.8. The Morgan fingerprint density at radius 3 is 2.40 bits per heavy atom. The van der Waals surface area contributed by atoms with Crippen LogP contribution in [0.2, 0.25) is 0 Å². The van der Waals surface area contributed by atoms with Gasteiger partial charge in [-0.3, -0.25) is 9.10 Å². The first kappa shape index (κ1) is 24.1. The Labute approximate surface area is 184 Å². The molecule has 0 atom stereocenters. The van der Waals surface area contributed by atoms with E-state index >= 15 is 0 Å². The third kappa shape index (κ3) is 6.95. The molecule has 164 valence electrons. The average Bonchev–Trinajstić information content (AvgIpc) is 2.69. The summed E-state index contributed by atoms with van der Waals surface area (Å²) in [6.45, 7) is 8.37. The minimum absolute atomic E-state index is 0.103. The number of hydrogen-bond donors (Lipinski definition) is 1. The van der Waals surface area contributed by atoms with Gasteiger partial charge in [-0.05, 0) is 31.2 Å². The number of nitrogens with zero attached hydrogens (tertiary/aromatic N) is 1. The molecule has 0 aliphatic rings. The van der Waals surface area contributed by atoms with Crippen LogP contribution in [-0.4, -0.2) is 45.0 Å². The molecule has 0 spiro atoms. The zero-order chi connectivity index (χ0) is 22.4. The smallest absolute Gasteiger partial charge is 0.264 e. The first-order valence-corrected chi connectivity index (χ1v) is 12.1. The summed E-state index contributed by atoms with van der Waals surface area (Å²) in [4.78, 5) is 12.7. The molecule has 0 bridgehead atoms. The molecule has 0 saturated carbocycles. The molecule has 0 radical (unpaired) electrons. The molecule has 0 heterocycles. The lowest BCUT2D eigenvalue weighted by atomic mass is 10.2. The number of ether oxygens (including phenoxy) is 1. The van der Waals surface area contributed by atoms with Gasteiger partial charge in [0.25, 0.3) is 10.0 Å². The van der Waals surface area contributed by atoms with Crippen LogP contribution in [0, 0.1) is 6.92 Å². The SMILES string of the molecule is COc1cccc(N(CC(=O)NCCSC(C)(C)C)S(=O)(=O)c2ccc(C)cc2)c1. The largest absolute Gasteiger partial charge is 0.497 e. The van der Waals surface area contributed by atoms with Gasteiger partial charge in [0.05, 0.1) is 17.7 Å². The van der Waals surface area contributed by atoms with Crippen LogP contribution in [0.1, 0.15) is 26.3 Å². The minimum Gasteiger partial charge on any atom is -0.497 e. The Hall–Kier alpha value is -2.19. The number of amides is 1. The highest BCUT2D eigenvalue weighted by molar-refractivity contribution is 8.00. The quantitative estimate of drug-likeness (QED) is 0.588. The zero-order valence-corrected chi connectivity index (χ0v) is 19.8. The van der Waals surface area contributed by atoms with Gasteiger partial charge in [0.15, 0.2) is 0 Å². The molecule has 0 unspecified atom stereocenters. The lowest BCUT2D eigenvalue weighted by Gasteiger charge is -2.24. The summed E-state index contributed by atoms with van der Waals surface area (Å²) in [6, 6.07) is 13.3. The van der Waals surface area contributed by atoms with Crippen molar-refractivity contribution in [3.05, 3.63) is 54.1 Å². The Morgan fingerprint density at radius 2 is 1.80 bits per heavy atom. The molecular formula is C22H30N2O4S2. The molecule has 0 aliphatic heterocycles. The molecule has 2 aromatic rings. The molecule has 2 rings (SSSR count). The number of rotatable bonds is 9. The molecule has 1 amide bonds. The van der Waals surface area contributed by atoms with E-state index in [1.807, 2.05) is 6.92 Å². The van der Waals surface area contributed by atoms with Crippen molar-refractivity contribution in [2.45, 2.75) is 37.3 Å². The number of methoxy groups -OCH3 is 1. The summed E-state index contributed by atoms with van der Waals surface area (Å²) >= 11 is 1.74. The van der Waals surface area contributed by atoms with Crippen LogP contribution in [0.5, 0.6) is 5.75 Å². The predicted molar refractivity (Wildman–Crippen MR) is 124 cm³/mol. The summed E-state index contributed by atoms with van der Waals surface area (Å²) < 4.78 is 33.1. The van der Waals surface area contributed by atoms with E-state index in [2.05, 4.69) is 26.1 Å². The number of anilines is 1. The lowest BCUT2D eigenvalue weighted by Crippen LogP contribution is -2.41. The maximum Gasteiger partial charge on any atom is 0.264 e. The first-order valence-electron chi connectivity index (χ1n) is 9.67. The topological polar surface area (TPSA) is 75.7 Å². The van der Waals surface area contributed by atoms with Crippen LogP contribution in [0.15, 0.2) is 53.4 Å². The molecule has 2 aromatic carbocycles. The molecule has 0 aromatic heterocycles. The van der Waals surface area contributed by atoms with Crippen molar-refractivity contribution >= 4 is 33.4 Å². The third-order valence-electron chi connectivity index (χ3n) is 4.20. The molecule has 0 saturated heterocycles. The summed E-state index contributed by atoms with van der Waals surface area (Å²) in [5, 5.41) is 2.82. The van der Waals surface area contributed by atoms with Gasteiger partial charge in [0.1, 0.15) is 12.3 Å². The third-order valence-corrected chi connectivity index (χ3v) is 7.26. The zero-order valence-electron chi connectivity index (χ0n) is 18.1. The minimum atomic E-state index is -3.93. The average molecular weight is 451 g/mol. The highest BCUT2D eigenvalue weighted by Crippen LogP contribution is 2.27. The van der Waals surface area contributed by atoms with Crippen LogP contribution >= 0.6 is 11.8 Å². The second-order valence-electron chi connectivity index (χ2n) is 7.84. The maximum absolute atomic E-state index is 13.3. The van der Waals surface area contributed by atoms with Crippen molar-refractivity contribution < 1.29 is 17.9 Å². The highest BCUT2D eigenvalue weighted by atomic mass is 32.2. The number of benzene rings is 2. The van der Waals surface area contributed by atoms with Crippen molar-refractivity contribution in [2.24, 2.45) is 0 Å². The molecular weight excluding hydrogens is 420 g/mol. The Kier molecular flexibility index (Phi) is 8.20. The standard InChI is InChI=1S/C22H30N2O4S2/c1-17-9-11-20(12-10-17)30(26,27)24(18-7-6-8-19(15-18)28-5)16-21(25)23-13-14-29-22(2,3)4/h6-12,15H,13-14,16H2,1-5H3,(H,23,25). The van der Waals surface area contributed by atoms with Crippen molar-refractivity contribution in [3.8, 4) is 5.75 Å². The van der Waals surface area contributed by atoms with Gasteiger partial charge in [-0.1, -0.05) is 44.5 Å². The van der Waals surface area contributed by atoms with Crippen LogP contribution in [0.3, 0.4) is 0 Å². The van der Waals surface area contributed by atoms with Crippen LogP contribution < -0.4 is 14.4 Å². The van der Waals surface area contributed by atoms with Gasteiger partial charge in [0, 0.05) is 23.1 Å². The van der Waals surface area contributed by atoms with Gasteiger partial charge in [-0.15, -0.1) is 0 Å². The molecule has 30 heavy (non-hydrogen) atoms. The van der Waals surface area contributed by atoms with Crippen LogP contribution in [0.4, 0.5) is 5.69 Å².